The van der Waals surface area contributed by atoms with Gasteiger partial charge in [-0.15, -0.1) is 11.3 Å². The van der Waals surface area contributed by atoms with Gasteiger partial charge in [-0.1, -0.05) is 0 Å². The molecule has 0 radical (unpaired) electrons. The van der Waals surface area contributed by atoms with Crippen LogP contribution < -0.4 is 0 Å². The molecule has 4 nitrogen and oxygen atoms in total. The van der Waals surface area contributed by atoms with E-state index in [9.17, 15) is 4.79 Å². The van der Waals surface area contributed by atoms with E-state index >= 15 is 0 Å². The minimum absolute atomic E-state index is 0.172. The number of carbonyl (C=O) groups excluding carboxylic acids is 1. The van der Waals surface area contributed by atoms with Crippen LogP contribution in [-0.4, -0.2) is 35.0 Å². The summed E-state index contributed by atoms with van der Waals surface area (Å²) in [6.07, 6.45) is 0. The van der Waals surface area contributed by atoms with E-state index in [4.69, 9.17) is 4.74 Å². The Labute approximate surface area is 107 Å². The fourth-order valence-electron chi connectivity index (χ4n) is 1.44. The monoisotopic (exact) mass is 256 g/mol. The second kappa shape index (κ2) is 6.71. The largest absolute Gasteiger partial charge is 0.465 e. The Bertz CT molecular complexity index is 363. The van der Waals surface area contributed by atoms with E-state index in [-0.39, 0.29) is 5.97 Å². The maximum Gasteiger partial charge on any atom is 0.320 e. The van der Waals surface area contributed by atoms with Crippen LogP contribution in [-0.2, 0) is 16.1 Å². The Hall–Kier alpha value is -0.940. The van der Waals surface area contributed by atoms with Gasteiger partial charge in [-0.2, -0.15) is 0 Å². The first-order valence-electron chi connectivity index (χ1n) is 5.83. The number of carbonyl (C=O) groups is 1. The molecule has 0 fully saturated rings. The van der Waals surface area contributed by atoms with Crippen molar-refractivity contribution in [3.05, 3.63) is 16.1 Å². The van der Waals surface area contributed by atoms with Crippen molar-refractivity contribution in [3.8, 4) is 0 Å². The molecule has 0 aromatic carbocycles. The quantitative estimate of drug-likeness (QED) is 0.732. The summed E-state index contributed by atoms with van der Waals surface area (Å²) in [5, 5.41) is 3.07. The first kappa shape index (κ1) is 14.1. The van der Waals surface area contributed by atoms with Gasteiger partial charge in [0, 0.05) is 17.1 Å². The lowest BCUT2D eigenvalue weighted by Gasteiger charge is -2.24. The standard InChI is InChI=1S/C12H20N2O2S/c1-5-16-12(15)7-14(9(2)3)6-11-13-10(4)8-17-11/h8-9H,5-7H2,1-4H3. The number of nitrogens with zero attached hydrogens (tertiary/aromatic N) is 2. The zero-order valence-corrected chi connectivity index (χ0v) is 11.7. The van der Waals surface area contributed by atoms with Crippen LogP contribution in [0.3, 0.4) is 0 Å². The fraction of sp³-hybridized carbons (Fsp3) is 0.667. The van der Waals surface area contributed by atoms with Crippen molar-refractivity contribution in [2.24, 2.45) is 0 Å². The molecule has 1 aromatic heterocycles. The third kappa shape index (κ3) is 4.83. The Balaban J connectivity index is 2.57. The fourth-order valence-corrected chi connectivity index (χ4v) is 2.24. The lowest BCUT2D eigenvalue weighted by Crippen LogP contribution is -2.35. The Kier molecular flexibility index (Phi) is 5.58. The molecule has 0 saturated heterocycles. The van der Waals surface area contributed by atoms with Crippen molar-refractivity contribution in [1.29, 1.82) is 0 Å². The van der Waals surface area contributed by atoms with E-state index in [0.717, 1.165) is 10.7 Å². The van der Waals surface area contributed by atoms with Crippen LogP contribution >= 0.6 is 11.3 Å². The van der Waals surface area contributed by atoms with Gasteiger partial charge in [-0.05, 0) is 27.7 Å². The number of ether oxygens (including phenoxy) is 1. The number of rotatable bonds is 6. The molecular weight excluding hydrogens is 236 g/mol. The molecule has 0 aliphatic heterocycles. The third-order valence-corrected chi connectivity index (χ3v) is 3.32. The highest BCUT2D eigenvalue weighted by Crippen LogP contribution is 2.13. The van der Waals surface area contributed by atoms with Crippen molar-refractivity contribution in [2.45, 2.75) is 40.3 Å². The topological polar surface area (TPSA) is 42.4 Å². The van der Waals surface area contributed by atoms with Gasteiger partial charge in [0.25, 0.3) is 0 Å². The first-order chi connectivity index (χ1) is 8.02. The van der Waals surface area contributed by atoms with Crippen molar-refractivity contribution < 1.29 is 9.53 Å². The Morgan fingerprint density at radius 1 is 1.59 bits per heavy atom. The molecule has 0 amide bonds. The maximum absolute atomic E-state index is 11.5. The number of thiazole rings is 1. The van der Waals surface area contributed by atoms with Gasteiger partial charge in [0.05, 0.1) is 19.7 Å². The lowest BCUT2D eigenvalue weighted by molar-refractivity contribution is -0.145. The number of hydrogen-bond acceptors (Lipinski definition) is 5. The van der Waals surface area contributed by atoms with Crippen LogP contribution in [0.25, 0.3) is 0 Å². The SMILES string of the molecule is CCOC(=O)CN(Cc1nc(C)cs1)C(C)C. The van der Waals surface area contributed by atoms with Gasteiger partial charge in [-0.25, -0.2) is 4.98 Å². The van der Waals surface area contributed by atoms with Crippen LogP contribution in [0, 0.1) is 6.92 Å². The minimum Gasteiger partial charge on any atom is -0.465 e. The van der Waals surface area contributed by atoms with Gasteiger partial charge in [0.2, 0.25) is 0 Å². The summed E-state index contributed by atoms with van der Waals surface area (Å²) >= 11 is 1.63. The van der Waals surface area contributed by atoms with Crippen molar-refractivity contribution in [1.82, 2.24) is 9.88 Å². The highest BCUT2D eigenvalue weighted by molar-refractivity contribution is 7.09. The smallest absolute Gasteiger partial charge is 0.320 e. The summed E-state index contributed by atoms with van der Waals surface area (Å²) < 4.78 is 4.97. The van der Waals surface area contributed by atoms with Crippen LogP contribution in [0.2, 0.25) is 0 Å². The molecule has 0 bridgehead atoms. The summed E-state index contributed by atoms with van der Waals surface area (Å²) in [6, 6.07) is 0.295. The van der Waals surface area contributed by atoms with E-state index in [1.54, 1.807) is 11.3 Å². The van der Waals surface area contributed by atoms with E-state index in [1.807, 2.05) is 19.2 Å². The summed E-state index contributed by atoms with van der Waals surface area (Å²) in [6.45, 7) is 9.40. The first-order valence-corrected chi connectivity index (χ1v) is 6.71. The molecule has 1 rings (SSSR count). The normalized spacial score (nSPS) is 11.2. The van der Waals surface area contributed by atoms with Crippen molar-refractivity contribution >= 4 is 17.3 Å². The third-order valence-electron chi connectivity index (χ3n) is 2.37. The van der Waals surface area contributed by atoms with Crippen LogP contribution in [0.4, 0.5) is 0 Å². The van der Waals surface area contributed by atoms with Crippen LogP contribution in [0.15, 0.2) is 5.38 Å². The van der Waals surface area contributed by atoms with Crippen LogP contribution in [0.5, 0.6) is 0 Å². The van der Waals surface area contributed by atoms with Gasteiger partial charge in [0.1, 0.15) is 5.01 Å². The number of aryl methyl sites for hydroxylation is 1. The average Bonchev–Trinajstić information content (AvgIpc) is 2.63. The van der Waals surface area contributed by atoms with Crippen molar-refractivity contribution in [3.63, 3.8) is 0 Å². The molecule has 96 valence electrons. The second-order valence-electron chi connectivity index (χ2n) is 4.19. The van der Waals surface area contributed by atoms with E-state index in [2.05, 4.69) is 23.7 Å². The minimum atomic E-state index is -0.172. The highest BCUT2D eigenvalue weighted by Gasteiger charge is 2.16. The predicted molar refractivity (Wildman–Crippen MR) is 69.0 cm³/mol. The molecule has 0 spiro atoms. The summed E-state index contributed by atoms with van der Waals surface area (Å²) in [5.74, 6) is -0.172. The Morgan fingerprint density at radius 2 is 2.29 bits per heavy atom. The molecule has 0 N–H and O–H groups in total. The average molecular weight is 256 g/mol. The molecule has 0 saturated carbocycles. The molecule has 17 heavy (non-hydrogen) atoms. The summed E-state index contributed by atoms with van der Waals surface area (Å²) in [4.78, 5) is 17.9. The molecule has 0 aliphatic carbocycles. The van der Waals surface area contributed by atoms with E-state index < -0.39 is 0 Å². The van der Waals surface area contributed by atoms with Gasteiger partial charge >= 0.3 is 5.97 Å². The lowest BCUT2D eigenvalue weighted by atomic mass is 10.3. The highest BCUT2D eigenvalue weighted by atomic mass is 32.1. The van der Waals surface area contributed by atoms with Gasteiger partial charge in [-0.3, -0.25) is 9.69 Å². The van der Waals surface area contributed by atoms with Gasteiger partial charge < -0.3 is 4.74 Å². The van der Waals surface area contributed by atoms with Crippen molar-refractivity contribution in [2.75, 3.05) is 13.2 Å². The molecule has 1 aromatic rings. The Morgan fingerprint density at radius 3 is 2.76 bits per heavy atom. The molecule has 0 atom stereocenters. The predicted octanol–water partition coefficient (Wildman–Crippen LogP) is 2.23. The zero-order valence-electron chi connectivity index (χ0n) is 10.9. The van der Waals surface area contributed by atoms with Gasteiger partial charge in [0.15, 0.2) is 0 Å². The molecule has 0 aliphatic rings. The molecule has 1 heterocycles. The molecule has 5 heteroatoms. The molecular formula is C12H20N2O2S. The van der Waals surface area contributed by atoms with E-state index in [0.29, 0.717) is 25.7 Å². The molecule has 0 unspecified atom stereocenters. The maximum atomic E-state index is 11.5. The number of esters is 1. The number of aromatic nitrogens is 1. The number of hydrogen-bond donors (Lipinski definition) is 0. The van der Waals surface area contributed by atoms with Crippen LogP contribution in [0.1, 0.15) is 31.5 Å². The second-order valence-corrected chi connectivity index (χ2v) is 5.13. The zero-order chi connectivity index (χ0) is 12.8. The van der Waals surface area contributed by atoms with E-state index in [1.165, 1.54) is 0 Å². The summed E-state index contributed by atoms with van der Waals surface area (Å²) in [7, 11) is 0. The summed E-state index contributed by atoms with van der Waals surface area (Å²) in [5.41, 5.74) is 1.03.